The van der Waals surface area contributed by atoms with Gasteiger partial charge in [-0.3, -0.25) is 34.1 Å². The SMILES string of the molecule is COC(=O)C(=O)c1c[nH]c2ccccc12.NC(=O)CC(=O)c1cn2c3c(cccc13)CCC2.O=C1NC(=O)C(c2c[nH]c3ccccc23)=C1C(=O)c1cn2c3c(cccc13)CCC2. The van der Waals surface area contributed by atoms with Gasteiger partial charge in [0.2, 0.25) is 11.7 Å². The minimum atomic E-state index is -0.847. The average molecular weight is 841 g/mol. The molecule has 3 aliphatic heterocycles. The van der Waals surface area contributed by atoms with Crippen LogP contribution in [0.4, 0.5) is 0 Å². The third-order valence-corrected chi connectivity index (χ3v) is 11.8. The van der Waals surface area contributed by atoms with Gasteiger partial charge in [-0.05, 0) is 48.9 Å². The number of carbonyl (C=O) groups excluding carboxylic acids is 7. The molecular weight excluding hydrogens is 801 g/mol. The fourth-order valence-corrected chi connectivity index (χ4v) is 8.97. The number of H-pyrrole nitrogens is 2. The average Bonchev–Trinajstić information content (AvgIpc) is 4.13. The number of esters is 1. The number of aromatic amines is 2. The highest BCUT2D eigenvalue weighted by Gasteiger charge is 2.38. The Kier molecular flexibility index (Phi) is 10.5. The Morgan fingerprint density at radius 2 is 1.21 bits per heavy atom. The Labute approximate surface area is 358 Å². The van der Waals surface area contributed by atoms with Crippen molar-refractivity contribution in [1.82, 2.24) is 24.4 Å². The summed E-state index contributed by atoms with van der Waals surface area (Å²) in [5.41, 5.74) is 13.4. The lowest BCUT2D eigenvalue weighted by molar-refractivity contribution is -0.135. The third kappa shape index (κ3) is 7.20. The maximum Gasteiger partial charge on any atom is 0.379 e. The number of methoxy groups -OCH3 is 1. The zero-order valence-electron chi connectivity index (χ0n) is 34.1. The van der Waals surface area contributed by atoms with Crippen LogP contribution in [-0.2, 0) is 49.8 Å². The summed E-state index contributed by atoms with van der Waals surface area (Å²) in [5, 5.41) is 5.62. The number of imide groups is 1. The summed E-state index contributed by atoms with van der Waals surface area (Å²) in [6.45, 7) is 1.76. The summed E-state index contributed by atoms with van der Waals surface area (Å²) in [4.78, 5) is 90.6. The van der Waals surface area contributed by atoms with E-state index in [1.165, 1.54) is 24.4 Å². The second-order valence-electron chi connectivity index (χ2n) is 15.6. The molecule has 5 N–H and O–H groups in total. The molecule has 4 aromatic carbocycles. The predicted octanol–water partition coefficient (Wildman–Crippen LogP) is 6.53. The zero-order chi connectivity index (χ0) is 43.9. The van der Waals surface area contributed by atoms with E-state index < -0.39 is 35.3 Å². The van der Waals surface area contributed by atoms with Crippen molar-refractivity contribution in [2.75, 3.05) is 7.11 Å². The molecule has 3 aliphatic rings. The summed E-state index contributed by atoms with van der Waals surface area (Å²) in [7, 11) is 1.19. The van der Waals surface area contributed by atoms with Crippen LogP contribution in [0.1, 0.15) is 67.0 Å². The lowest BCUT2D eigenvalue weighted by Gasteiger charge is -2.14. The van der Waals surface area contributed by atoms with Crippen LogP contribution in [0.15, 0.2) is 115 Å². The minimum Gasteiger partial charge on any atom is -0.463 e. The normalized spacial score (nSPS) is 14.0. The van der Waals surface area contributed by atoms with Gasteiger partial charge in [-0.15, -0.1) is 0 Å². The van der Waals surface area contributed by atoms with E-state index in [0.717, 1.165) is 82.4 Å². The second kappa shape index (κ2) is 16.4. The van der Waals surface area contributed by atoms with E-state index in [9.17, 15) is 33.6 Å². The van der Waals surface area contributed by atoms with E-state index in [-0.39, 0.29) is 23.4 Å². The molecule has 0 bridgehead atoms. The monoisotopic (exact) mass is 840 g/mol. The topological polar surface area (TPSA) is 208 Å². The number of nitrogens with one attached hydrogen (secondary N) is 3. The number of primary amides is 1. The number of nitrogens with two attached hydrogens (primary N) is 1. The number of hydrogen-bond acceptors (Lipinski definition) is 8. The van der Waals surface area contributed by atoms with Crippen LogP contribution < -0.4 is 11.1 Å². The summed E-state index contributed by atoms with van der Waals surface area (Å²) in [5.74, 6) is -3.84. The van der Waals surface area contributed by atoms with Crippen molar-refractivity contribution < 1.29 is 38.3 Å². The van der Waals surface area contributed by atoms with Crippen LogP contribution >= 0.6 is 0 Å². The maximum absolute atomic E-state index is 13.6. The van der Waals surface area contributed by atoms with Crippen molar-refractivity contribution in [2.24, 2.45) is 5.73 Å². The Hall–Kier alpha value is -8.13. The van der Waals surface area contributed by atoms with Crippen LogP contribution in [0.2, 0.25) is 0 Å². The van der Waals surface area contributed by atoms with Crippen LogP contribution in [0.3, 0.4) is 0 Å². The van der Waals surface area contributed by atoms with Gasteiger partial charge in [-0.25, -0.2) is 4.79 Å². The number of benzene rings is 4. The number of hydrogen-bond donors (Lipinski definition) is 4. The Morgan fingerprint density at radius 1 is 0.651 bits per heavy atom. The number of ether oxygens (including phenoxy) is 1. The number of amides is 3. The second-order valence-corrected chi connectivity index (χ2v) is 15.6. The molecule has 314 valence electrons. The van der Waals surface area contributed by atoms with Gasteiger partial charge in [0, 0.05) is 87.1 Å². The predicted molar refractivity (Wildman–Crippen MR) is 236 cm³/mol. The lowest BCUT2D eigenvalue weighted by Crippen LogP contribution is -2.24. The quantitative estimate of drug-likeness (QED) is 0.0330. The smallest absolute Gasteiger partial charge is 0.379 e. The number of Topliss-reactive ketones (excluding diaryl/α,β-unsaturated/α-hetero) is 3. The summed E-state index contributed by atoms with van der Waals surface area (Å²) in [6, 6.07) is 26.7. The Morgan fingerprint density at radius 3 is 1.84 bits per heavy atom. The first-order chi connectivity index (χ1) is 30.5. The molecule has 0 radical (unpaired) electrons. The molecule has 0 fully saturated rings. The van der Waals surface area contributed by atoms with Crippen molar-refractivity contribution >= 4 is 90.2 Å². The summed E-state index contributed by atoms with van der Waals surface area (Å²) in [6.07, 6.45) is 10.8. The highest BCUT2D eigenvalue weighted by atomic mass is 16.5. The van der Waals surface area contributed by atoms with Crippen LogP contribution in [0.5, 0.6) is 0 Å². The number of para-hydroxylation sites is 4. The van der Waals surface area contributed by atoms with Gasteiger partial charge in [0.25, 0.3) is 17.6 Å². The molecule has 0 aliphatic carbocycles. The molecule has 63 heavy (non-hydrogen) atoms. The molecule has 0 saturated heterocycles. The molecule has 7 heterocycles. The number of aryl methyl sites for hydroxylation is 4. The lowest BCUT2D eigenvalue weighted by atomic mass is 9.94. The molecule has 4 aromatic heterocycles. The molecule has 0 saturated carbocycles. The first-order valence-electron chi connectivity index (χ1n) is 20.5. The number of aromatic nitrogens is 4. The van der Waals surface area contributed by atoms with Gasteiger partial charge in [-0.1, -0.05) is 72.8 Å². The van der Waals surface area contributed by atoms with Crippen molar-refractivity contribution in [3.63, 3.8) is 0 Å². The van der Waals surface area contributed by atoms with Gasteiger partial charge in [-0.2, -0.15) is 0 Å². The fourth-order valence-electron chi connectivity index (χ4n) is 8.97. The van der Waals surface area contributed by atoms with Crippen LogP contribution in [0.25, 0.3) is 49.2 Å². The molecule has 3 amide bonds. The van der Waals surface area contributed by atoms with E-state index in [1.54, 1.807) is 12.3 Å². The molecular formula is C49H40N6O8. The zero-order valence-corrected chi connectivity index (χ0v) is 34.1. The standard InChI is InChI=1S/C24H17N3O3.C14H14N2O2.C11H9NO3/c28-22(17-12-27-10-4-6-13-5-3-8-15(17)21(13)27)20-19(23(29)26-24(20)30)16-11-25-18-9-2-1-7-14(16)18;15-13(18)7-12(17)11-8-16-6-2-4-9-3-1-5-10(11)14(9)16;1-15-11(14)10(13)8-6-12-9-5-3-2-4-7(8)9/h1-3,5,7-9,11-12,25H,4,6,10H2,(H,26,29,30);1,3,5,8H,2,4,6-7H2,(H2,15,18);2-6,12H,1H3. The van der Waals surface area contributed by atoms with Crippen LogP contribution in [0, 0.1) is 0 Å². The molecule has 14 nitrogen and oxygen atoms in total. The van der Waals surface area contributed by atoms with E-state index in [4.69, 9.17) is 5.73 Å². The Balaban J connectivity index is 0.000000131. The number of nitrogens with zero attached hydrogens (tertiary/aromatic N) is 2. The number of rotatable bonds is 8. The summed E-state index contributed by atoms with van der Waals surface area (Å²) >= 11 is 0. The first kappa shape index (κ1) is 40.3. The molecule has 0 spiro atoms. The fraction of sp³-hybridized carbons (Fsp3) is 0.163. The van der Waals surface area contributed by atoms with E-state index in [1.807, 2.05) is 79.1 Å². The molecule has 8 aromatic rings. The van der Waals surface area contributed by atoms with Gasteiger partial charge in [0.15, 0.2) is 5.78 Å². The highest BCUT2D eigenvalue weighted by Crippen LogP contribution is 2.36. The van der Waals surface area contributed by atoms with E-state index >= 15 is 0 Å². The molecule has 0 unspecified atom stereocenters. The van der Waals surface area contributed by atoms with Crippen molar-refractivity contribution in [3.05, 3.63) is 149 Å². The van der Waals surface area contributed by atoms with Crippen molar-refractivity contribution in [1.29, 1.82) is 0 Å². The van der Waals surface area contributed by atoms with E-state index in [2.05, 4.69) is 41.3 Å². The third-order valence-electron chi connectivity index (χ3n) is 11.8. The largest absolute Gasteiger partial charge is 0.463 e. The van der Waals surface area contributed by atoms with Gasteiger partial charge in [0.05, 0.1) is 35.7 Å². The van der Waals surface area contributed by atoms with Gasteiger partial charge < -0.3 is 29.6 Å². The minimum absolute atomic E-state index is 0.0894. The number of fused-ring (bicyclic) bond motifs is 2. The van der Waals surface area contributed by atoms with Crippen molar-refractivity contribution in [2.45, 2.75) is 45.2 Å². The van der Waals surface area contributed by atoms with E-state index in [0.29, 0.717) is 22.3 Å². The molecule has 11 rings (SSSR count). The highest BCUT2D eigenvalue weighted by molar-refractivity contribution is 6.48. The van der Waals surface area contributed by atoms with Crippen molar-refractivity contribution in [3.8, 4) is 0 Å². The van der Waals surface area contributed by atoms with Gasteiger partial charge in [0.1, 0.15) is 5.57 Å². The number of ketones is 3. The van der Waals surface area contributed by atoms with Crippen LogP contribution in [-0.4, -0.2) is 67.3 Å². The first-order valence-corrected chi connectivity index (χ1v) is 20.5. The Bertz CT molecular complexity index is 3280. The summed E-state index contributed by atoms with van der Waals surface area (Å²) < 4.78 is 8.58. The molecule has 0 atom stereocenters. The number of carbonyl (C=O) groups is 7. The molecule has 14 heteroatoms. The maximum atomic E-state index is 13.6. The van der Waals surface area contributed by atoms with Gasteiger partial charge >= 0.3 is 5.97 Å².